The van der Waals surface area contributed by atoms with Crippen LogP contribution in [0.2, 0.25) is 0 Å². The van der Waals surface area contributed by atoms with Crippen LogP contribution in [0.25, 0.3) is 0 Å². The summed E-state index contributed by atoms with van der Waals surface area (Å²) in [5, 5.41) is 0. The molecule has 2 rings (SSSR count). The Labute approximate surface area is 101 Å². The van der Waals surface area contributed by atoms with Crippen LogP contribution in [0.1, 0.15) is 26.2 Å². The Morgan fingerprint density at radius 1 is 1.38 bits per heavy atom. The van der Waals surface area contributed by atoms with Gasteiger partial charge in [-0.05, 0) is 43.0 Å². The first-order valence-electron chi connectivity index (χ1n) is 5.82. The molecule has 0 amide bonds. The standard InChI is InChI=1S/C13H18FNS/c1-2-10-7-13(8-10,9-15)16-12-5-3-11(14)4-6-12/h3-6,10H,2,7-9,15H2,1H3. The van der Waals surface area contributed by atoms with Crippen LogP contribution in [0.15, 0.2) is 29.2 Å². The summed E-state index contributed by atoms with van der Waals surface area (Å²) in [5.74, 6) is 0.655. The maximum absolute atomic E-state index is 12.8. The maximum atomic E-state index is 12.8. The normalized spacial score (nSPS) is 28.8. The highest BCUT2D eigenvalue weighted by atomic mass is 32.2. The van der Waals surface area contributed by atoms with Crippen molar-refractivity contribution in [2.75, 3.05) is 6.54 Å². The number of hydrogen-bond acceptors (Lipinski definition) is 2. The van der Waals surface area contributed by atoms with Crippen LogP contribution in [0.4, 0.5) is 4.39 Å². The number of nitrogens with two attached hydrogens (primary N) is 1. The fourth-order valence-electron chi connectivity index (χ4n) is 2.33. The zero-order chi connectivity index (χ0) is 11.6. The Bertz CT molecular complexity index is 343. The molecule has 0 spiro atoms. The quantitative estimate of drug-likeness (QED) is 0.871. The number of thioether (sulfide) groups is 1. The van der Waals surface area contributed by atoms with E-state index in [4.69, 9.17) is 5.73 Å². The molecule has 1 aliphatic carbocycles. The van der Waals surface area contributed by atoms with Gasteiger partial charge in [0.1, 0.15) is 5.82 Å². The van der Waals surface area contributed by atoms with E-state index in [-0.39, 0.29) is 10.6 Å². The highest BCUT2D eigenvalue weighted by molar-refractivity contribution is 8.00. The largest absolute Gasteiger partial charge is 0.329 e. The average molecular weight is 239 g/mol. The van der Waals surface area contributed by atoms with Crippen molar-refractivity contribution in [2.45, 2.75) is 35.8 Å². The Balaban J connectivity index is 2.00. The lowest BCUT2D eigenvalue weighted by atomic mass is 9.73. The summed E-state index contributed by atoms with van der Waals surface area (Å²) in [6, 6.07) is 6.72. The van der Waals surface area contributed by atoms with Gasteiger partial charge in [-0.2, -0.15) is 0 Å². The maximum Gasteiger partial charge on any atom is 0.123 e. The second-order valence-corrected chi connectivity index (χ2v) is 6.17. The van der Waals surface area contributed by atoms with Gasteiger partial charge in [-0.3, -0.25) is 0 Å². The molecular weight excluding hydrogens is 221 g/mol. The van der Waals surface area contributed by atoms with E-state index >= 15 is 0 Å². The molecule has 3 heteroatoms. The fourth-order valence-corrected chi connectivity index (χ4v) is 3.82. The monoisotopic (exact) mass is 239 g/mol. The molecule has 1 fully saturated rings. The number of halogens is 1. The molecule has 0 unspecified atom stereocenters. The van der Waals surface area contributed by atoms with Crippen LogP contribution in [-0.2, 0) is 0 Å². The van der Waals surface area contributed by atoms with Crippen molar-refractivity contribution in [3.63, 3.8) is 0 Å². The van der Waals surface area contributed by atoms with E-state index in [1.807, 2.05) is 23.9 Å². The van der Waals surface area contributed by atoms with Crippen LogP contribution in [0.5, 0.6) is 0 Å². The van der Waals surface area contributed by atoms with E-state index in [1.54, 1.807) is 0 Å². The molecule has 2 N–H and O–H groups in total. The van der Waals surface area contributed by atoms with Gasteiger partial charge in [0.05, 0.1) is 0 Å². The number of hydrogen-bond donors (Lipinski definition) is 1. The van der Waals surface area contributed by atoms with E-state index in [9.17, 15) is 4.39 Å². The molecule has 0 radical (unpaired) electrons. The van der Waals surface area contributed by atoms with Crippen LogP contribution < -0.4 is 5.73 Å². The first kappa shape index (κ1) is 11.9. The van der Waals surface area contributed by atoms with Gasteiger partial charge in [-0.1, -0.05) is 13.3 Å². The third-order valence-electron chi connectivity index (χ3n) is 3.42. The zero-order valence-corrected chi connectivity index (χ0v) is 10.4. The van der Waals surface area contributed by atoms with Crippen molar-refractivity contribution < 1.29 is 4.39 Å². The van der Waals surface area contributed by atoms with Crippen molar-refractivity contribution in [1.82, 2.24) is 0 Å². The van der Waals surface area contributed by atoms with Crippen LogP contribution in [-0.4, -0.2) is 11.3 Å². The van der Waals surface area contributed by atoms with Crippen LogP contribution in [0, 0.1) is 11.7 Å². The van der Waals surface area contributed by atoms with Crippen molar-refractivity contribution in [1.29, 1.82) is 0 Å². The molecule has 0 saturated heterocycles. The average Bonchev–Trinajstić information content (AvgIpc) is 2.26. The molecule has 1 aromatic rings. The fraction of sp³-hybridized carbons (Fsp3) is 0.538. The smallest absolute Gasteiger partial charge is 0.123 e. The minimum absolute atomic E-state index is 0.175. The highest BCUT2D eigenvalue weighted by Crippen LogP contribution is 2.51. The first-order chi connectivity index (χ1) is 7.67. The molecule has 0 atom stereocenters. The summed E-state index contributed by atoms with van der Waals surface area (Å²) in [5.41, 5.74) is 5.87. The van der Waals surface area contributed by atoms with E-state index in [0.717, 1.165) is 10.8 Å². The second kappa shape index (κ2) is 4.76. The summed E-state index contributed by atoms with van der Waals surface area (Å²) >= 11 is 1.81. The van der Waals surface area contributed by atoms with E-state index in [0.29, 0.717) is 6.54 Å². The van der Waals surface area contributed by atoms with E-state index in [1.165, 1.54) is 31.4 Å². The summed E-state index contributed by atoms with van der Waals surface area (Å²) < 4.78 is 13.0. The van der Waals surface area contributed by atoms with E-state index < -0.39 is 0 Å². The lowest BCUT2D eigenvalue weighted by Crippen LogP contribution is -2.46. The highest BCUT2D eigenvalue weighted by Gasteiger charge is 2.42. The molecular formula is C13H18FNS. The first-order valence-corrected chi connectivity index (χ1v) is 6.64. The molecule has 1 nitrogen and oxygen atoms in total. The van der Waals surface area contributed by atoms with Gasteiger partial charge in [0, 0.05) is 16.2 Å². The van der Waals surface area contributed by atoms with Gasteiger partial charge in [0.2, 0.25) is 0 Å². The Morgan fingerprint density at radius 3 is 2.50 bits per heavy atom. The molecule has 0 heterocycles. The molecule has 1 aliphatic rings. The van der Waals surface area contributed by atoms with Gasteiger partial charge >= 0.3 is 0 Å². The summed E-state index contributed by atoms with van der Waals surface area (Å²) in [6.45, 7) is 2.94. The van der Waals surface area contributed by atoms with Gasteiger partial charge < -0.3 is 5.73 Å². The van der Waals surface area contributed by atoms with Crippen molar-refractivity contribution in [3.05, 3.63) is 30.1 Å². The van der Waals surface area contributed by atoms with Gasteiger partial charge in [0.15, 0.2) is 0 Å². The van der Waals surface area contributed by atoms with Crippen LogP contribution in [0.3, 0.4) is 0 Å². The number of rotatable bonds is 4. The second-order valence-electron chi connectivity index (χ2n) is 4.63. The van der Waals surface area contributed by atoms with Crippen molar-refractivity contribution in [3.8, 4) is 0 Å². The molecule has 0 bridgehead atoms. The van der Waals surface area contributed by atoms with Gasteiger partial charge in [-0.15, -0.1) is 11.8 Å². The molecule has 0 aromatic heterocycles. The van der Waals surface area contributed by atoms with Gasteiger partial charge in [-0.25, -0.2) is 4.39 Å². The topological polar surface area (TPSA) is 26.0 Å². The Hall–Kier alpha value is -0.540. The SMILES string of the molecule is CCC1CC(CN)(Sc2ccc(F)cc2)C1. The lowest BCUT2D eigenvalue weighted by molar-refractivity contribution is 0.229. The third-order valence-corrected chi connectivity index (χ3v) is 4.86. The summed E-state index contributed by atoms with van der Waals surface area (Å²) in [7, 11) is 0. The summed E-state index contributed by atoms with van der Waals surface area (Å²) in [4.78, 5) is 1.13. The predicted molar refractivity (Wildman–Crippen MR) is 67.1 cm³/mol. The third kappa shape index (κ3) is 2.41. The van der Waals surface area contributed by atoms with E-state index in [2.05, 4.69) is 6.92 Å². The zero-order valence-electron chi connectivity index (χ0n) is 9.58. The lowest BCUT2D eigenvalue weighted by Gasteiger charge is -2.46. The molecule has 1 saturated carbocycles. The molecule has 88 valence electrons. The number of benzene rings is 1. The molecule has 0 aliphatic heterocycles. The predicted octanol–water partition coefficient (Wildman–Crippen LogP) is 3.44. The van der Waals surface area contributed by atoms with Crippen molar-refractivity contribution in [2.24, 2.45) is 11.7 Å². The molecule has 16 heavy (non-hydrogen) atoms. The van der Waals surface area contributed by atoms with Crippen LogP contribution >= 0.6 is 11.8 Å². The Morgan fingerprint density at radius 2 is 2.00 bits per heavy atom. The Kier molecular flexibility index (Phi) is 3.55. The molecule has 1 aromatic carbocycles. The minimum Gasteiger partial charge on any atom is -0.329 e. The minimum atomic E-state index is -0.175. The van der Waals surface area contributed by atoms with Gasteiger partial charge in [0.25, 0.3) is 0 Å². The van der Waals surface area contributed by atoms with Crippen molar-refractivity contribution >= 4 is 11.8 Å². The summed E-state index contributed by atoms with van der Waals surface area (Å²) in [6.07, 6.45) is 3.63.